The second kappa shape index (κ2) is 6.50. The van der Waals surface area contributed by atoms with Crippen LogP contribution < -0.4 is 5.32 Å². The number of fused-ring (bicyclic) bond motifs is 1. The van der Waals surface area contributed by atoms with Gasteiger partial charge in [-0.25, -0.2) is 9.97 Å². The molecule has 130 valence electrons. The van der Waals surface area contributed by atoms with E-state index in [4.69, 9.17) is 0 Å². The molecule has 0 spiro atoms. The minimum atomic E-state index is -4.45. The first-order valence-electron chi connectivity index (χ1n) is 7.40. The van der Waals surface area contributed by atoms with Crippen LogP contribution in [-0.4, -0.2) is 38.6 Å². The summed E-state index contributed by atoms with van der Waals surface area (Å²) < 4.78 is 36.4. The monoisotopic (exact) mass is 349 g/mol. The van der Waals surface area contributed by atoms with Gasteiger partial charge in [0.05, 0.1) is 24.0 Å². The molecule has 25 heavy (non-hydrogen) atoms. The summed E-state index contributed by atoms with van der Waals surface area (Å²) in [5, 5.41) is 2.67. The van der Waals surface area contributed by atoms with E-state index in [1.165, 1.54) is 12.4 Å². The molecule has 3 heterocycles. The van der Waals surface area contributed by atoms with Gasteiger partial charge < -0.3 is 10.3 Å². The lowest BCUT2D eigenvalue weighted by Gasteiger charge is -2.08. The van der Waals surface area contributed by atoms with Gasteiger partial charge in [0.25, 0.3) is 0 Å². The largest absolute Gasteiger partial charge is 0.405 e. The molecule has 0 saturated heterocycles. The first kappa shape index (κ1) is 16.9. The SMILES string of the molecule is Cc1cnc2[nH]cc(-c3cncc(CC(=O)NCC(F)(F)F)n3)c2c1. The Balaban J connectivity index is 1.81. The number of carbonyl (C=O) groups excluding carboxylic acids is 1. The summed E-state index contributed by atoms with van der Waals surface area (Å²) in [5.41, 5.74) is 3.22. The first-order chi connectivity index (χ1) is 11.8. The minimum absolute atomic E-state index is 0.281. The highest BCUT2D eigenvalue weighted by Gasteiger charge is 2.27. The summed E-state index contributed by atoms with van der Waals surface area (Å²) in [7, 11) is 0. The van der Waals surface area contributed by atoms with Crippen molar-refractivity contribution < 1.29 is 18.0 Å². The van der Waals surface area contributed by atoms with Crippen LogP contribution >= 0.6 is 0 Å². The molecule has 0 aliphatic rings. The van der Waals surface area contributed by atoms with Crippen LogP contribution in [0, 0.1) is 6.92 Å². The fourth-order valence-electron chi connectivity index (χ4n) is 2.37. The number of hydrogen-bond donors (Lipinski definition) is 2. The highest BCUT2D eigenvalue weighted by Crippen LogP contribution is 2.26. The molecule has 9 heteroatoms. The van der Waals surface area contributed by atoms with Crippen molar-refractivity contribution in [3.05, 3.63) is 42.1 Å². The molecule has 6 nitrogen and oxygen atoms in total. The zero-order chi connectivity index (χ0) is 18.0. The third-order valence-corrected chi connectivity index (χ3v) is 3.46. The van der Waals surface area contributed by atoms with Gasteiger partial charge >= 0.3 is 6.18 Å². The number of alkyl halides is 3. The second-order valence-electron chi connectivity index (χ2n) is 5.58. The van der Waals surface area contributed by atoms with E-state index in [9.17, 15) is 18.0 Å². The Morgan fingerprint density at radius 2 is 2.08 bits per heavy atom. The van der Waals surface area contributed by atoms with Gasteiger partial charge in [-0.2, -0.15) is 13.2 Å². The first-order valence-corrected chi connectivity index (χ1v) is 7.40. The summed E-state index contributed by atoms with van der Waals surface area (Å²) in [5.74, 6) is -0.764. The van der Waals surface area contributed by atoms with Crippen LogP contribution in [-0.2, 0) is 11.2 Å². The maximum absolute atomic E-state index is 12.1. The molecule has 1 amide bonds. The summed E-state index contributed by atoms with van der Waals surface area (Å²) >= 11 is 0. The van der Waals surface area contributed by atoms with E-state index in [1.807, 2.05) is 18.3 Å². The predicted octanol–water partition coefficient (Wildman–Crippen LogP) is 2.55. The zero-order valence-corrected chi connectivity index (χ0v) is 13.2. The predicted molar refractivity (Wildman–Crippen MR) is 84.6 cm³/mol. The van der Waals surface area contributed by atoms with E-state index in [-0.39, 0.29) is 12.1 Å². The van der Waals surface area contributed by atoms with Gasteiger partial charge in [0, 0.05) is 29.5 Å². The van der Waals surface area contributed by atoms with E-state index in [0.29, 0.717) is 11.3 Å². The van der Waals surface area contributed by atoms with Crippen molar-refractivity contribution in [3.8, 4) is 11.3 Å². The zero-order valence-electron chi connectivity index (χ0n) is 13.2. The third-order valence-electron chi connectivity index (χ3n) is 3.46. The van der Waals surface area contributed by atoms with Gasteiger partial charge in [0.1, 0.15) is 12.2 Å². The third kappa shape index (κ3) is 4.11. The lowest BCUT2D eigenvalue weighted by Crippen LogP contribution is -2.34. The molecular formula is C16H14F3N5O. The number of nitrogens with one attached hydrogen (secondary N) is 2. The molecule has 0 unspecified atom stereocenters. The molecule has 2 N–H and O–H groups in total. The van der Waals surface area contributed by atoms with Crippen molar-refractivity contribution in [1.29, 1.82) is 0 Å². The highest BCUT2D eigenvalue weighted by molar-refractivity contribution is 5.92. The van der Waals surface area contributed by atoms with E-state index >= 15 is 0 Å². The van der Waals surface area contributed by atoms with Crippen molar-refractivity contribution in [2.45, 2.75) is 19.5 Å². The topological polar surface area (TPSA) is 83.6 Å². The van der Waals surface area contributed by atoms with E-state index in [1.54, 1.807) is 12.4 Å². The minimum Gasteiger partial charge on any atom is -0.347 e. The maximum Gasteiger partial charge on any atom is 0.405 e. The Morgan fingerprint density at radius 3 is 2.84 bits per heavy atom. The number of carbonyl (C=O) groups is 1. The number of H-pyrrole nitrogens is 1. The fraction of sp³-hybridized carbons (Fsp3) is 0.250. The number of amides is 1. The van der Waals surface area contributed by atoms with Crippen LogP contribution in [0.15, 0.2) is 30.9 Å². The Hall–Kier alpha value is -2.97. The normalized spacial score (nSPS) is 11.7. The van der Waals surface area contributed by atoms with Crippen molar-refractivity contribution >= 4 is 16.9 Å². The van der Waals surface area contributed by atoms with Crippen molar-refractivity contribution in [2.24, 2.45) is 0 Å². The molecule has 0 aromatic carbocycles. The molecule has 0 saturated carbocycles. The molecule has 0 fully saturated rings. The van der Waals surface area contributed by atoms with E-state index in [2.05, 4.69) is 19.9 Å². The quantitative estimate of drug-likeness (QED) is 0.758. The Kier molecular flexibility index (Phi) is 4.39. The second-order valence-corrected chi connectivity index (χ2v) is 5.58. The van der Waals surface area contributed by atoms with Gasteiger partial charge in [-0.15, -0.1) is 0 Å². The Bertz CT molecular complexity index is 920. The molecule has 0 atom stereocenters. The van der Waals surface area contributed by atoms with Crippen LogP contribution in [0.3, 0.4) is 0 Å². The van der Waals surface area contributed by atoms with Crippen LogP contribution in [0.2, 0.25) is 0 Å². The average molecular weight is 349 g/mol. The smallest absolute Gasteiger partial charge is 0.347 e. The van der Waals surface area contributed by atoms with Crippen molar-refractivity contribution in [3.63, 3.8) is 0 Å². The molecule has 3 aromatic rings. The molecule has 3 aromatic heterocycles. The summed E-state index contributed by atoms with van der Waals surface area (Å²) in [6, 6.07) is 1.94. The van der Waals surface area contributed by atoms with Gasteiger partial charge in [0.15, 0.2) is 0 Å². The van der Waals surface area contributed by atoms with Gasteiger partial charge in [-0.3, -0.25) is 9.78 Å². The van der Waals surface area contributed by atoms with E-state index < -0.39 is 18.6 Å². The van der Waals surface area contributed by atoms with Crippen LogP contribution in [0.1, 0.15) is 11.3 Å². The summed E-state index contributed by atoms with van der Waals surface area (Å²) in [6.07, 6.45) is 1.62. The number of pyridine rings is 1. The summed E-state index contributed by atoms with van der Waals surface area (Å²) in [4.78, 5) is 27.3. The fourth-order valence-corrected chi connectivity index (χ4v) is 2.37. The number of aryl methyl sites for hydroxylation is 1. The Labute approximate surface area is 140 Å². The number of nitrogens with zero attached hydrogens (tertiary/aromatic N) is 3. The molecule has 0 bridgehead atoms. The number of halogens is 3. The lowest BCUT2D eigenvalue weighted by atomic mass is 10.1. The average Bonchev–Trinajstić information content (AvgIpc) is 2.95. The molecule has 0 aliphatic heterocycles. The molecule has 0 radical (unpaired) electrons. The number of aromatic amines is 1. The van der Waals surface area contributed by atoms with Crippen LogP contribution in [0.25, 0.3) is 22.3 Å². The standard InChI is InChI=1S/C16H14F3N5O/c1-9-2-11-12(6-22-15(11)21-4-9)13-7-20-5-10(24-13)3-14(25)23-8-16(17,18)19/h2,4-7H,3,8H2,1H3,(H,21,22)(H,23,25). The highest BCUT2D eigenvalue weighted by atomic mass is 19.4. The maximum atomic E-state index is 12.1. The summed E-state index contributed by atoms with van der Waals surface area (Å²) in [6.45, 7) is 0.544. The van der Waals surface area contributed by atoms with E-state index in [0.717, 1.165) is 16.5 Å². The van der Waals surface area contributed by atoms with Crippen molar-refractivity contribution in [2.75, 3.05) is 6.54 Å². The van der Waals surface area contributed by atoms with Crippen molar-refractivity contribution in [1.82, 2.24) is 25.3 Å². The number of aromatic nitrogens is 4. The van der Waals surface area contributed by atoms with Gasteiger partial charge in [-0.1, -0.05) is 0 Å². The lowest BCUT2D eigenvalue weighted by molar-refractivity contribution is -0.138. The molecule has 0 aliphatic carbocycles. The number of rotatable bonds is 4. The van der Waals surface area contributed by atoms with Crippen LogP contribution in [0.4, 0.5) is 13.2 Å². The van der Waals surface area contributed by atoms with Gasteiger partial charge in [-0.05, 0) is 18.6 Å². The molecule has 3 rings (SSSR count). The Morgan fingerprint density at radius 1 is 1.28 bits per heavy atom. The number of hydrogen-bond acceptors (Lipinski definition) is 4. The van der Waals surface area contributed by atoms with Gasteiger partial charge in [0.2, 0.25) is 5.91 Å². The van der Waals surface area contributed by atoms with Crippen LogP contribution in [0.5, 0.6) is 0 Å². The molecular weight excluding hydrogens is 335 g/mol.